The molecule has 5 heteroatoms. The standard InChI is InChI=1S/C14H17ClN2O2/c1-8-10-5-3-4-6-11(10)17(12(18)7-15)9(2)13(8)14(16)19/h3-6,8-9,13H,7H2,1-2H3,(H2,16,19). The summed E-state index contributed by atoms with van der Waals surface area (Å²) in [5.41, 5.74) is 7.28. The quantitative estimate of drug-likeness (QED) is 0.841. The fraction of sp³-hybridized carbons (Fsp3) is 0.429. The highest BCUT2D eigenvalue weighted by Crippen LogP contribution is 2.41. The summed E-state index contributed by atoms with van der Waals surface area (Å²) in [4.78, 5) is 25.3. The number of benzene rings is 1. The van der Waals surface area contributed by atoms with E-state index in [1.807, 2.05) is 38.1 Å². The van der Waals surface area contributed by atoms with E-state index in [2.05, 4.69) is 0 Å². The predicted octanol–water partition coefficient (Wildman–Crippen LogP) is 1.87. The molecule has 1 aliphatic rings. The Balaban J connectivity index is 2.57. The van der Waals surface area contributed by atoms with Crippen LogP contribution in [0, 0.1) is 5.92 Å². The summed E-state index contributed by atoms with van der Waals surface area (Å²) < 4.78 is 0. The lowest BCUT2D eigenvalue weighted by Crippen LogP contribution is -2.52. The Morgan fingerprint density at radius 3 is 2.53 bits per heavy atom. The van der Waals surface area contributed by atoms with E-state index in [0.717, 1.165) is 11.3 Å². The lowest BCUT2D eigenvalue weighted by Gasteiger charge is -2.42. The summed E-state index contributed by atoms with van der Waals surface area (Å²) in [6.45, 7) is 3.81. The fourth-order valence-electron chi connectivity index (χ4n) is 2.99. The number of fused-ring (bicyclic) bond motifs is 1. The number of rotatable bonds is 2. The van der Waals surface area contributed by atoms with Crippen molar-refractivity contribution in [1.29, 1.82) is 0 Å². The summed E-state index contributed by atoms with van der Waals surface area (Å²) in [6.07, 6.45) is 0. The fourth-order valence-corrected chi connectivity index (χ4v) is 3.12. The SMILES string of the molecule is CC1c2ccccc2N(C(=O)CCl)C(C)C1C(N)=O. The van der Waals surface area contributed by atoms with Crippen LogP contribution in [0.15, 0.2) is 24.3 Å². The minimum Gasteiger partial charge on any atom is -0.369 e. The topological polar surface area (TPSA) is 63.4 Å². The average molecular weight is 281 g/mol. The first-order valence-corrected chi connectivity index (χ1v) is 6.78. The van der Waals surface area contributed by atoms with Gasteiger partial charge >= 0.3 is 0 Å². The molecule has 3 atom stereocenters. The molecule has 0 saturated heterocycles. The van der Waals surface area contributed by atoms with Gasteiger partial charge in [-0.3, -0.25) is 9.59 Å². The number of carbonyl (C=O) groups excluding carboxylic acids is 2. The molecule has 0 fully saturated rings. The third kappa shape index (κ3) is 2.21. The molecule has 19 heavy (non-hydrogen) atoms. The molecule has 3 unspecified atom stereocenters. The Bertz CT molecular complexity index is 518. The molecule has 0 saturated carbocycles. The number of hydrogen-bond donors (Lipinski definition) is 1. The van der Waals surface area contributed by atoms with E-state index in [9.17, 15) is 9.59 Å². The first kappa shape index (κ1) is 13.9. The maximum absolute atomic E-state index is 12.1. The van der Waals surface area contributed by atoms with Crippen molar-refractivity contribution in [2.75, 3.05) is 10.8 Å². The average Bonchev–Trinajstić information content (AvgIpc) is 2.38. The van der Waals surface area contributed by atoms with Crippen LogP contribution in [0.5, 0.6) is 0 Å². The predicted molar refractivity (Wildman–Crippen MR) is 75.2 cm³/mol. The monoisotopic (exact) mass is 280 g/mol. The molecule has 102 valence electrons. The molecule has 0 radical (unpaired) electrons. The zero-order chi connectivity index (χ0) is 14.2. The second kappa shape index (κ2) is 5.21. The van der Waals surface area contributed by atoms with E-state index in [1.165, 1.54) is 0 Å². The van der Waals surface area contributed by atoms with Crippen LogP contribution in [-0.2, 0) is 9.59 Å². The van der Waals surface area contributed by atoms with Crippen LogP contribution >= 0.6 is 11.6 Å². The number of alkyl halides is 1. The van der Waals surface area contributed by atoms with E-state index in [-0.39, 0.29) is 29.7 Å². The Labute approximate surface area is 117 Å². The summed E-state index contributed by atoms with van der Waals surface area (Å²) >= 11 is 5.67. The Morgan fingerprint density at radius 2 is 1.95 bits per heavy atom. The van der Waals surface area contributed by atoms with Crippen LogP contribution in [0.4, 0.5) is 5.69 Å². The molecule has 1 aromatic carbocycles. The maximum atomic E-state index is 12.1. The Morgan fingerprint density at radius 1 is 1.32 bits per heavy atom. The van der Waals surface area contributed by atoms with Gasteiger partial charge in [0.15, 0.2) is 0 Å². The van der Waals surface area contributed by atoms with Crippen LogP contribution in [0.2, 0.25) is 0 Å². The first-order valence-electron chi connectivity index (χ1n) is 6.25. The third-order valence-electron chi connectivity index (χ3n) is 3.86. The van der Waals surface area contributed by atoms with Gasteiger partial charge in [0, 0.05) is 11.7 Å². The summed E-state index contributed by atoms with van der Waals surface area (Å²) in [5.74, 6) is -1.12. The number of anilines is 1. The molecule has 0 aromatic heterocycles. The normalized spacial score (nSPS) is 25.8. The Hall–Kier alpha value is -1.55. The minimum absolute atomic E-state index is 0.0110. The zero-order valence-corrected chi connectivity index (χ0v) is 11.7. The summed E-state index contributed by atoms with van der Waals surface area (Å²) in [5, 5.41) is 0. The van der Waals surface area contributed by atoms with Crippen molar-refractivity contribution in [3.8, 4) is 0 Å². The van der Waals surface area contributed by atoms with Gasteiger partial charge in [-0.2, -0.15) is 0 Å². The number of primary amides is 1. The largest absolute Gasteiger partial charge is 0.369 e. The molecule has 2 N–H and O–H groups in total. The van der Waals surface area contributed by atoms with Crippen LogP contribution in [0.1, 0.15) is 25.3 Å². The molecule has 1 heterocycles. The van der Waals surface area contributed by atoms with Crippen molar-refractivity contribution in [3.63, 3.8) is 0 Å². The van der Waals surface area contributed by atoms with Crippen LogP contribution in [-0.4, -0.2) is 23.7 Å². The van der Waals surface area contributed by atoms with Gasteiger partial charge in [0.05, 0.1) is 5.92 Å². The van der Waals surface area contributed by atoms with Crippen molar-refractivity contribution >= 4 is 29.1 Å². The number of nitrogens with zero attached hydrogens (tertiary/aromatic N) is 1. The highest BCUT2D eigenvalue weighted by molar-refractivity contribution is 6.29. The number of carbonyl (C=O) groups is 2. The zero-order valence-electron chi connectivity index (χ0n) is 11.0. The van der Waals surface area contributed by atoms with Crippen LogP contribution < -0.4 is 10.6 Å². The number of hydrogen-bond acceptors (Lipinski definition) is 2. The van der Waals surface area contributed by atoms with E-state index >= 15 is 0 Å². The van der Waals surface area contributed by atoms with Gasteiger partial charge in [-0.15, -0.1) is 11.6 Å². The van der Waals surface area contributed by atoms with Gasteiger partial charge in [-0.1, -0.05) is 25.1 Å². The molecule has 1 aliphatic heterocycles. The molecule has 0 aliphatic carbocycles. The van der Waals surface area contributed by atoms with E-state index < -0.39 is 5.92 Å². The van der Waals surface area contributed by atoms with Gasteiger partial charge in [0.25, 0.3) is 0 Å². The molecule has 4 nitrogen and oxygen atoms in total. The molecule has 0 bridgehead atoms. The highest BCUT2D eigenvalue weighted by atomic mass is 35.5. The van der Waals surface area contributed by atoms with Crippen LogP contribution in [0.25, 0.3) is 0 Å². The second-order valence-corrected chi connectivity index (χ2v) is 5.18. The van der Waals surface area contributed by atoms with Crippen molar-refractivity contribution in [2.45, 2.75) is 25.8 Å². The second-order valence-electron chi connectivity index (χ2n) is 4.91. The van der Waals surface area contributed by atoms with Gasteiger partial charge in [-0.05, 0) is 24.5 Å². The van der Waals surface area contributed by atoms with E-state index in [1.54, 1.807) is 4.90 Å². The molecule has 2 rings (SSSR count). The summed E-state index contributed by atoms with van der Waals surface area (Å²) in [7, 11) is 0. The number of halogens is 1. The lowest BCUT2D eigenvalue weighted by atomic mass is 9.77. The first-order chi connectivity index (χ1) is 8.99. The molecular weight excluding hydrogens is 264 g/mol. The number of nitrogens with two attached hydrogens (primary N) is 1. The van der Waals surface area contributed by atoms with E-state index in [4.69, 9.17) is 17.3 Å². The van der Waals surface area contributed by atoms with E-state index in [0.29, 0.717) is 0 Å². The molecule has 1 aromatic rings. The van der Waals surface area contributed by atoms with Crippen molar-refractivity contribution in [1.82, 2.24) is 0 Å². The van der Waals surface area contributed by atoms with Crippen molar-refractivity contribution in [2.24, 2.45) is 11.7 Å². The van der Waals surface area contributed by atoms with Gasteiger partial charge in [-0.25, -0.2) is 0 Å². The van der Waals surface area contributed by atoms with Crippen LogP contribution in [0.3, 0.4) is 0 Å². The Kier molecular flexibility index (Phi) is 3.80. The highest BCUT2D eigenvalue weighted by Gasteiger charge is 2.41. The van der Waals surface area contributed by atoms with Gasteiger partial charge < -0.3 is 10.6 Å². The lowest BCUT2D eigenvalue weighted by molar-refractivity contribution is -0.123. The number of amides is 2. The summed E-state index contributed by atoms with van der Waals surface area (Å²) in [6, 6.07) is 7.29. The van der Waals surface area contributed by atoms with Gasteiger partial charge in [0.1, 0.15) is 5.88 Å². The molecule has 2 amide bonds. The van der Waals surface area contributed by atoms with Crippen molar-refractivity contribution < 1.29 is 9.59 Å². The third-order valence-corrected chi connectivity index (χ3v) is 4.09. The maximum Gasteiger partial charge on any atom is 0.242 e. The van der Waals surface area contributed by atoms with Gasteiger partial charge in [0.2, 0.25) is 11.8 Å². The minimum atomic E-state index is -0.401. The van der Waals surface area contributed by atoms with Crippen molar-refractivity contribution in [3.05, 3.63) is 29.8 Å². The number of para-hydroxylation sites is 1. The molecule has 0 spiro atoms. The molecular formula is C14H17ClN2O2. The smallest absolute Gasteiger partial charge is 0.242 e.